The van der Waals surface area contributed by atoms with Crippen LogP contribution in [0.4, 0.5) is 10.1 Å². The van der Waals surface area contributed by atoms with Crippen molar-refractivity contribution < 1.29 is 9.18 Å². The van der Waals surface area contributed by atoms with Crippen LogP contribution in [0.25, 0.3) is 10.2 Å². The predicted octanol–water partition coefficient (Wildman–Crippen LogP) is 3.81. The smallest absolute Gasteiger partial charge is 0.321 e. The number of aryl methyl sites for hydroxylation is 2. The van der Waals surface area contributed by atoms with Gasteiger partial charge in [-0.15, -0.1) is 11.3 Å². The lowest BCUT2D eigenvalue weighted by Crippen LogP contribution is -2.35. The Morgan fingerprint density at radius 3 is 2.63 bits per heavy atom. The molecule has 0 radical (unpaired) electrons. The second-order valence-corrected chi connectivity index (χ2v) is 8.00. The van der Waals surface area contributed by atoms with Crippen molar-refractivity contribution in [2.75, 3.05) is 5.32 Å². The SMILES string of the molecule is Cc1ccccc1NC(=O)c1sc2[nH]c(=O)n(Cc3cccc(F)c3)c(=O)c2c1C. The van der Waals surface area contributed by atoms with E-state index in [9.17, 15) is 18.8 Å². The van der Waals surface area contributed by atoms with Gasteiger partial charge in [-0.05, 0) is 48.7 Å². The van der Waals surface area contributed by atoms with Gasteiger partial charge in [0.1, 0.15) is 10.6 Å². The molecule has 0 aliphatic carbocycles. The molecule has 2 N–H and O–H groups in total. The summed E-state index contributed by atoms with van der Waals surface area (Å²) in [6.07, 6.45) is 0. The second-order valence-electron chi connectivity index (χ2n) is 6.98. The Morgan fingerprint density at radius 1 is 1.13 bits per heavy atom. The Kier molecular flexibility index (Phi) is 5.09. The predicted molar refractivity (Wildman–Crippen MR) is 116 cm³/mol. The molecule has 0 saturated carbocycles. The third kappa shape index (κ3) is 3.57. The summed E-state index contributed by atoms with van der Waals surface area (Å²) in [6, 6.07) is 13.1. The highest BCUT2D eigenvalue weighted by atomic mass is 32.1. The zero-order chi connectivity index (χ0) is 21.4. The Balaban J connectivity index is 1.76. The van der Waals surface area contributed by atoms with E-state index in [0.717, 1.165) is 21.5 Å². The van der Waals surface area contributed by atoms with Crippen LogP contribution in [0.2, 0.25) is 0 Å². The molecule has 1 amide bonds. The van der Waals surface area contributed by atoms with Crippen molar-refractivity contribution in [3.63, 3.8) is 0 Å². The van der Waals surface area contributed by atoms with Crippen LogP contribution in [-0.2, 0) is 6.54 Å². The summed E-state index contributed by atoms with van der Waals surface area (Å²) in [5.74, 6) is -0.792. The lowest BCUT2D eigenvalue weighted by atomic mass is 10.1. The van der Waals surface area contributed by atoms with Crippen molar-refractivity contribution >= 4 is 33.1 Å². The molecular weight excluding hydrogens is 405 g/mol. The topological polar surface area (TPSA) is 84.0 Å². The van der Waals surface area contributed by atoms with Gasteiger partial charge >= 0.3 is 5.69 Å². The largest absolute Gasteiger partial charge is 0.329 e. The van der Waals surface area contributed by atoms with Gasteiger partial charge in [-0.2, -0.15) is 0 Å². The van der Waals surface area contributed by atoms with E-state index >= 15 is 0 Å². The Bertz CT molecular complexity index is 1400. The van der Waals surface area contributed by atoms with Gasteiger partial charge in [-0.1, -0.05) is 30.3 Å². The average Bonchev–Trinajstić information content (AvgIpc) is 3.03. The zero-order valence-electron chi connectivity index (χ0n) is 16.3. The van der Waals surface area contributed by atoms with E-state index in [-0.39, 0.29) is 17.8 Å². The van der Waals surface area contributed by atoms with Gasteiger partial charge in [-0.25, -0.2) is 9.18 Å². The number of benzene rings is 2. The van der Waals surface area contributed by atoms with Crippen molar-refractivity contribution in [1.82, 2.24) is 9.55 Å². The average molecular weight is 423 g/mol. The van der Waals surface area contributed by atoms with E-state index in [0.29, 0.717) is 26.5 Å². The van der Waals surface area contributed by atoms with Crippen LogP contribution >= 0.6 is 11.3 Å². The molecule has 6 nitrogen and oxygen atoms in total. The zero-order valence-corrected chi connectivity index (χ0v) is 17.1. The highest BCUT2D eigenvalue weighted by molar-refractivity contribution is 7.20. The van der Waals surface area contributed by atoms with Gasteiger partial charge in [0.05, 0.1) is 16.8 Å². The maximum absolute atomic E-state index is 13.5. The standard InChI is InChI=1S/C22H18FN3O3S/c1-12-6-3-4-9-16(12)24-19(27)18-13(2)17-20(30-18)25-22(29)26(21(17)28)11-14-7-5-8-15(23)10-14/h3-10H,11H2,1-2H3,(H,24,27)(H,25,29). The highest BCUT2D eigenvalue weighted by Gasteiger charge is 2.21. The molecule has 0 aliphatic rings. The lowest BCUT2D eigenvalue weighted by molar-refractivity contribution is 0.103. The molecule has 4 aromatic rings. The number of aromatic amines is 1. The summed E-state index contributed by atoms with van der Waals surface area (Å²) in [4.78, 5) is 41.7. The fourth-order valence-electron chi connectivity index (χ4n) is 3.32. The quantitative estimate of drug-likeness (QED) is 0.524. The van der Waals surface area contributed by atoms with Gasteiger partial charge in [0.15, 0.2) is 0 Å². The third-order valence-corrected chi connectivity index (χ3v) is 6.11. The first-order chi connectivity index (χ1) is 14.3. The van der Waals surface area contributed by atoms with Crippen LogP contribution in [0.1, 0.15) is 26.4 Å². The van der Waals surface area contributed by atoms with Crippen LogP contribution in [-0.4, -0.2) is 15.5 Å². The number of nitrogens with zero attached hydrogens (tertiary/aromatic N) is 1. The Labute approximate surface area is 174 Å². The number of aromatic nitrogens is 2. The molecule has 2 heterocycles. The molecule has 0 fully saturated rings. The highest BCUT2D eigenvalue weighted by Crippen LogP contribution is 2.27. The Morgan fingerprint density at radius 2 is 1.90 bits per heavy atom. The van der Waals surface area contributed by atoms with Gasteiger partial charge in [0.2, 0.25) is 0 Å². The molecule has 4 rings (SSSR count). The number of hydrogen-bond acceptors (Lipinski definition) is 4. The van der Waals surface area contributed by atoms with E-state index in [1.54, 1.807) is 19.1 Å². The van der Waals surface area contributed by atoms with E-state index in [1.807, 2.05) is 25.1 Å². The van der Waals surface area contributed by atoms with Crippen molar-refractivity contribution in [3.05, 3.63) is 96.8 Å². The summed E-state index contributed by atoms with van der Waals surface area (Å²) < 4.78 is 14.5. The second kappa shape index (κ2) is 7.72. The van der Waals surface area contributed by atoms with Crippen LogP contribution in [0, 0.1) is 19.7 Å². The van der Waals surface area contributed by atoms with Crippen molar-refractivity contribution in [2.45, 2.75) is 20.4 Å². The molecule has 0 bridgehead atoms. The molecule has 0 aliphatic heterocycles. The van der Waals surface area contributed by atoms with E-state index in [2.05, 4.69) is 10.3 Å². The monoisotopic (exact) mass is 423 g/mol. The number of amides is 1. The summed E-state index contributed by atoms with van der Waals surface area (Å²) in [5, 5.41) is 3.14. The van der Waals surface area contributed by atoms with E-state index < -0.39 is 17.1 Å². The molecule has 152 valence electrons. The van der Waals surface area contributed by atoms with Gasteiger partial charge in [0, 0.05) is 5.69 Å². The molecule has 0 spiro atoms. The molecule has 30 heavy (non-hydrogen) atoms. The minimum Gasteiger partial charge on any atom is -0.321 e. The molecule has 2 aromatic carbocycles. The number of rotatable bonds is 4. The minimum absolute atomic E-state index is 0.0676. The molecule has 0 unspecified atom stereocenters. The summed E-state index contributed by atoms with van der Waals surface area (Å²) in [7, 11) is 0. The van der Waals surface area contributed by atoms with Crippen LogP contribution < -0.4 is 16.6 Å². The number of para-hydroxylation sites is 1. The number of anilines is 1. The van der Waals surface area contributed by atoms with Gasteiger partial charge < -0.3 is 5.32 Å². The fourth-order valence-corrected chi connectivity index (χ4v) is 4.40. The minimum atomic E-state index is -0.608. The van der Waals surface area contributed by atoms with Crippen molar-refractivity contribution in [2.24, 2.45) is 0 Å². The molecular formula is C22H18FN3O3S. The molecule has 0 saturated heterocycles. The molecule has 2 aromatic heterocycles. The van der Waals surface area contributed by atoms with Crippen molar-refractivity contribution in [1.29, 1.82) is 0 Å². The number of nitrogens with one attached hydrogen (secondary N) is 2. The Hall–Kier alpha value is -3.52. The lowest BCUT2D eigenvalue weighted by Gasteiger charge is -2.07. The number of hydrogen-bond donors (Lipinski definition) is 2. The fraction of sp³-hybridized carbons (Fsp3) is 0.136. The molecule has 0 atom stereocenters. The van der Waals surface area contributed by atoms with E-state index in [4.69, 9.17) is 0 Å². The number of carbonyl (C=O) groups excluding carboxylic acids is 1. The van der Waals surface area contributed by atoms with Gasteiger partial charge in [-0.3, -0.25) is 19.1 Å². The number of thiophene rings is 1. The van der Waals surface area contributed by atoms with E-state index in [1.165, 1.54) is 18.2 Å². The van der Waals surface area contributed by atoms with Crippen LogP contribution in [0.3, 0.4) is 0 Å². The van der Waals surface area contributed by atoms with Crippen molar-refractivity contribution in [3.8, 4) is 0 Å². The number of H-pyrrole nitrogens is 1. The first kappa shape index (κ1) is 19.8. The maximum Gasteiger partial charge on any atom is 0.329 e. The summed E-state index contributed by atoms with van der Waals surface area (Å²) in [6.45, 7) is 3.50. The molecule has 8 heteroatoms. The normalized spacial score (nSPS) is 11.0. The first-order valence-electron chi connectivity index (χ1n) is 9.23. The van der Waals surface area contributed by atoms with Gasteiger partial charge in [0.25, 0.3) is 11.5 Å². The summed E-state index contributed by atoms with van der Waals surface area (Å²) in [5.41, 5.74) is 1.46. The first-order valence-corrected chi connectivity index (χ1v) is 10.0. The van der Waals surface area contributed by atoms with Crippen LogP contribution in [0.15, 0.2) is 58.1 Å². The summed E-state index contributed by atoms with van der Waals surface area (Å²) >= 11 is 1.06. The van der Waals surface area contributed by atoms with Crippen LogP contribution in [0.5, 0.6) is 0 Å². The number of halogens is 1. The maximum atomic E-state index is 13.5. The third-order valence-electron chi connectivity index (χ3n) is 4.90. The number of carbonyl (C=O) groups is 1. The number of fused-ring (bicyclic) bond motifs is 1.